The van der Waals surface area contributed by atoms with Crippen LogP contribution < -0.4 is 10.5 Å². The van der Waals surface area contributed by atoms with Gasteiger partial charge in [-0.15, -0.1) is 5.10 Å². The monoisotopic (exact) mass is 373 g/mol. The van der Waals surface area contributed by atoms with Crippen molar-refractivity contribution in [1.82, 2.24) is 19.7 Å². The minimum Gasteiger partial charge on any atom is -0.398 e. The van der Waals surface area contributed by atoms with E-state index in [0.29, 0.717) is 35.2 Å². The van der Waals surface area contributed by atoms with Gasteiger partial charge in [0.05, 0.1) is 11.1 Å². The highest BCUT2D eigenvalue weighted by Crippen LogP contribution is 2.26. The number of nitrogen functional groups attached to an aromatic ring is 1. The lowest BCUT2D eigenvalue weighted by atomic mass is 10.2. The standard InChI is InChI=1S/C12H16BrN5O2S/c1-9-7-10(13)11(14)8-12(9)21(19,20)16-3-2-5-18-6-4-15-17-18/h4,6-8,16H,2-3,5,14H2,1H3. The smallest absolute Gasteiger partial charge is 0.240 e. The highest BCUT2D eigenvalue weighted by atomic mass is 79.9. The number of sulfonamides is 1. The van der Waals surface area contributed by atoms with Gasteiger partial charge in [0.1, 0.15) is 0 Å². The molecule has 2 aromatic rings. The fourth-order valence-corrected chi connectivity index (χ4v) is 3.63. The molecule has 2 rings (SSSR count). The van der Waals surface area contributed by atoms with E-state index >= 15 is 0 Å². The van der Waals surface area contributed by atoms with Crippen molar-refractivity contribution < 1.29 is 8.42 Å². The van der Waals surface area contributed by atoms with Gasteiger partial charge < -0.3 is 5.73 Å². The third kappa shape index (κ3) is 4.02. The van der Waals surface area contributed by atoms with Gasteiger partial charge in [-0.05, 0) is 47.0 Å². The number of aromatic nitrogens is 3. The molecule has 0 unspecified atom stereocenters. The molecule has 0 bridgehead atoms. The van der Waals surface area contributed by atoms with E-state index in [1.54, 1.807) is 30.1 Å². The molecule has 1 heterocycles. The van der Waals surface area contributed by atoms with Crippen molar-refractivity contribution in [3.8, 4) is 0 Å². The van der Waals surface area contributed by atoms with Gasteiger partial charge in [-0.1, -0.05) is 5.21 Å². The van der Waals surface area contributed by atoms with E-state index in [4.69, 9.17) is 5.73 Å². The molecule has 0 spiro atoms. The number of nitrogens with zero attached hydrogens (tertiary/aromatic N) is 3. The Hall–Kier alpha value is -1.45. The highest BCUT2D eigenvalue weighted by molar-refractivity contribution is 9.10. The maximum absolute atomic E-state index is 12.3. The molecule has 21 heavy (non-hydrogen) atoms. The zero-order valence-corrected chi connectivity index (χ0v) is 13.9. The van der Waals surface area contributed by atoms with E-state index in [1.165, 1.54) is 6.07 Å². The average molecular weight is 374 g/mol. The summed E-state index contributed by atoms with van der Waals surface area (Å²) in [6, 6.07) is 3.15. The number of nitrogens with two attached hydrogens (primary N) is 1. The zero-order chi connectivity index (χ0) is 15.5. The van der Waals surface area contributed by atoms with Crippen LogP contribution in [0.25, 0.3) is 0 Å². The topological polar surface area (TPSA) is 103 Å². The second-order valence-electron chi connectivity index (χ2n) is 4.56. The number of rotatable bonds is 6. The van der Waals surface area contributed by atoms with Crippen LogP contribution in [0.15, 0.2) is 33.9 Å². The molecule has 0 radical (unpaired) electrons. The van der Waals surface area contributed by atoms with Gasteiger partial charge in [0.25, 0.3) is 0 Å². The zero-order valence-electron chi connectivity index (χ0n) is 11.5. The van der Waals surface area contributed by atoms with Gasteiger partial charge in [-0.25, -0.2) is 13.1 Å². The number of hydrogen-bond donors (Lipinski definition) is 2. The Bertz CT molecular complexity index is 715. The second kappa shape index (κ2) is 6.54. The van der Waals surface area contributed by atoms with Crippen LogP contribution in [0.4, 0.5) is 5.69 Å². The molecule has 0 saturated carbocycles. The Labute approximate surface area is 131 Å². The van der Waals surface area contributed by atoms with Crippen molar-refractivity contribution in [2.24, 2.45) is 0 Å². The van der Waals surface area contributed by atoms with Crippen LogP contribution in [0.3, 0.4) is 0 Å². The van der Waals surface area contributed by atoms with E-state index in [-0.39, 0.29) is 4.90 Å². The molecule has 0 aliphatic carbocycles. The van der Waals surface area contributed by atoms with Crippen LogP contribution in [0, 0.1) is 6.92 Å². The predicted octanol–water partition coefficient (Wildman–Crippen LogP) is 1.30. The summed E-state index contributed by atoms with van der Waals surface area (Å²) in [6.45, 7) is 2.65. The summed E-state index contributed by atoms with van der Waals surface area (Å²) >= 11 is 3.28. The van der Waals surface area contributed by atoms with E-state index in [9.17, 15) is 8.42 Å². The summed E-state index contributed by atoms with van der Waals surface area (Å²) in [5, 5.41) is 7.49. The third-order valence-corrected chi connectivity index (χ3v) is 5.20. The number of halogens is 1. The van der Waals surface area contributed by atoms with E-state index in [0.717, 1.165) is 0 Å². The summed E-state index contributed by atoms with van der Waals surface area (Å²) in [6.07, 6.45) is 3.93. The maximum Gasteiger partial charge on any atom is 0.240 e. The first-order chi connectivity index (χ1) is 9.90. The van der Waals surface area contributed by atoms with Crippen molar-refractivity contribution >= 4 is 31.6 Å². The van der Waals surface area contributed by atoms with Gasteiger partial charge in [-0.2, -0.15) is 0 Å². The molecule has 3 N–H and O–H groups in total. The molecule has 1 aromatic carbocycles. The first kappa shape index (κ1) is 15.9. The fourth-order valence-electron chi connectivity index (χ4n) is 1.84. The van der Waals surface area contributed by atoms with Crippen LogP contribution in [0.5, 0.6) is 0 Å². The summed E-state index contributed by atoms with van der Waals surface area (Å²) in [7, 11) is -3.57. The van der Waals surface area contributed by atoms with E-state index < -0.39 is 10.0 Å². The summed E-state index contributed by atoms with van der Waals surface area (Å²) in [5.41, 5.74) is 6.78. The lowest BCUT2D eigenvalue weighted by Crippen LogP contribution is -2.26. The average Bonchev–Trinajstić information content (AvgIpc) is 2.92. The molecule has 0 atom stereocenters. The highest BCUT2D eigenvalue weighted by Gasteiger charge is 2.17. The third-order valence-electron chi connectivity index (χ3n) is 2.91. The SMILES string of the molecule is Cc1cc(Br)c(N)cc1S(=O)(=O)NCCCn1ccnn1. The normalized spacial score (nSPS) is 11.7. The molecule has 0 aliphatic heterocycles. The molecule has 114 valence electrons. The lowest BCUT2D eigenvalue weighted by molar-refractivity contribution is 0.542. The Balaban J connectivity index is 2.00. The molecule has 9 heteroatoms. The van der Waals surface area contributed by atoms with Crippen molar-refractivity contribution in [2.75, 3.05) is 12.3 Å². The number of aryl methyl sites for hydroxylation is 2. The molecule has 0 fully saturated rings. The van der Waals surface area contributed by atoms with E-state index in [2.05, 4.69) is 31.0 Å². The Kier molecular flexibility index (Phi) is 4.96. The molecule has 7 nitrogen and oxygen atoms in total. The van der Waals surface area contributed by atoms with Crippen LogP contribution in [-0.4, -0.2) is 30.0 Å². The molecule has 0 amide bonds. The number of nitrogens with one attached hydrogen (secondary N) is 1. The summed E-state index contributed by atoms with van der Waals surface area (Å²) < 4.78 is 29.4. The quantitative estimate of drug-likeness (QED) is 0.586. The largest absolute Gasteiger partial charge is 0.398 e. The first-order valence-electron chi connectivity index (χ1n) is 6.29. The summed E-state index contributed by atoms with van der Waals surface area (Å²) in [5.74, 6) is 0. The Morgan fingerprint density at radius 1 is 1.43 bits per heavy atom. The molecular weight excluding hydrogens is 358 g/mol. The van der Waals surface area contributed by atoms with Crippen LogP contribution in [-0.2, 0) is 16.6 Å². The maximum atomic E-state index is 12.3. The van der Waals surface area contributed by atoms with Crippen molar-refractivity contribution in [3.05, 3.63) is 34.6 Å². The van der Waals surface area contributed by atoms with Crippen molar-refractivity contribution in [2.45, 2.75) is 24.8 Å². The van der Waals surface area contributed by atoms with Crippen LogP contribution in [0.1, 0.15) is 12.0 Å². The van der Waals surface area contributed by atoms with Crippen molar-refractivity contribution in [3.63, 3.8) is 0 Å². The fraction of sp³-hybridized carbons (Fsp3) is 0.333. The van der Waals surface area contributed by atoms with Gasteiger partial charge in [0.2, 0.25) is 10.0 Å². The minimum absolute atomic E-state index is 0.198. The Morgan fingerprint density at radius 3 is 2.86 bits per heavy atom. The van der Waals surface area contributed by atoms with Gasteiger partial charge in [0, 0.05) is 29.4 Å². The van der Waals surface area contributed by atoms with E-state index in [1.807, 2.05) is 0 Å². The molecular formula is C12H16BrN5O2S. The number of hydrogen-bond acceptors (Lipinski definition) is 5. The minimum atomic E-state index is -3.57. The number of anilines is 1. The molecule has 0 aliphatic rings. The molecule has 1 aromatic heterocycles. The van der Waals surface area contributed by atoms with Crippen LogP contribution >= 0.6 is 15.9 Å². The lowest BCUT2D eigenvalue weighted by Gasteiger charge is -2.11. The molecule has 0 saturated heterocycles. The van der Waals surface area contributed by atoms with Crippen LogP contribution in [0.2, 0.25) is 0 Å². The summed E-state index contributed by atoms with van der Waals surface area (Å²) in [4.78, 5) is 0.198. The predicted molar refractivity (Wildman–Crippen MR) is 83.1 cm³/mol. The first-order valence-corrected chi connectivity index (χ1v) is 8.57. The number of benzene rings is 1. The van der Waals surface area contributed by atoms with Gasteiger partial charge in [-0.3, -0.25) is 4.68 Å². The second-order valence-corrected chi connectivity index (χ2v) is 7.15. The Morgan fingerprint density at radius 2 is 2.19 bits per heavy atom. The van der Waals surface area contributed by atoms with Gasteiger partial charge >= 0.3 is 0 Å². The van der Waals surface area contributed by atoms with Crippen molar-refractivity contribution in [1.29, 1.82) is 0 Å². The van der Waals surface area contributed by atoms with Gasteiger partial charge in [0.15, 0.2) is 0 Å².